The molecular formula is C20H19N5O2S. The predicted molar refractivity (Wildman–Crippen MR) is 107 cm³/mol. The van der Waals surface area contributed by atoms with Gasteiger partial charge in [0.15, 0.2) is 0 Å². The number of nitrogens with zero attached hydrogens (tertiary/aromatic N) is 4. The van der Waals surface area contributed by atoms with Gasteiger partial charge in [-0.2, -0.15) is 5.10 Å². The maximum atomic E-state index is 13.0. The van der Waals surface area contributed by atoms with E-state index < -0.39 is 16.1 Å². The number of benzene rings is 2. The Bertz CT molecular complexity index is 1220. The van der Waals surface area contributed by atoms with Gasteiger partial charge in [0.05, 0.1) is 16.1 Å². The number of rotatable bonds is 5. The summed E-state index contributed by atoms with van der Waals surface area (Å²) >= 11 is 0. The van der Waals surface area contributed by atoms with Crippen molar-refractivity contribution >= 4 is 20.9 Å². The first kappa shape index (κ1) is 18.3. The van der Waals surface area contributed by atoms with E-state index in [2.05, 4.69) is 19.8 Å². The zero-order chi connectivity index (χ0) is 19.7. The van der Waals surface area contributed by atoms with Crippen molar-refractivity contribution in [3.8, 4) is 5.69 Å². The number of nitrogens with one attached hydrogen (secondary N) is 1. The normalized spacial score (nSPS) is 12.9. The number of aryl methyl sites for hydroxylation is 1. The second-order valence-corrected chi connectivity index (χ2v) is 8.24. The first-order chi connectivity index (χ1) is 13.5. The number of fused-ring (bicyclic) bond motifs is 1. The van der Waals surface area contributed by atoms with Gasteiger partial charge in [0.25, 0.3) is 0 Å². The van der Waals surface area contributed by atoms with Gasteiger partial charge in [-0.1, -0.05) is 18.2 Å². The Balaban J connectivity index is 1.62. The van der Waals surface area contributed by atoms with Crippen LogP contribution in [0.1, 0.15) is 24.1 Å². The molecule has 142 valence electrons. The summed E-state index contributed by atoms with van der Waals surface area (Å²) in [7, 11) is -3.72. The average Bonchev–Trinajstić information content (AvgIpc) is 3.23. The Morgan fingerprint density at radius 2 is 1.86 bits per heavy atom. The summed E-state index contributed by atoms with van der Waals surface area (Å²) in [5, 5.41) is 4.70. The SMILES string of the molecule is Cc1ccc(S(=O)(=O)NC(C)c2ccc(-n3cncn3)cc2)c2cccnc12. The van der Waals surface area contributed by atoms with Gasteiger partial charge < -0.3 is 0 Å². The molecule has 1 unspecified atom stereocenters. The van der Waals surface area contributed by atoms with E-state index in [1.807, 2.05) is 38.1 Å². The second-order valence-electron chi connectivity index (χ2n) is 6.55. The molecule has 0 aliphatic carbocycles. The molecule has 28 heavy (non-hydrogen) atoms. The van der Waals surface area contributed by atoms with E-state index in [-0.39, 0.29) is 4.90 Å². The van der Waals surface area contributed by atoms with E-state index in [4.69, 9.17) is 0 Å². The van der Waals surface area contributed by atoms with Crippen LogP contribution in [0.5, 0.6) is 0 Å². The fraction of sp³-hybridized carbons (Fsp3) is 0.150. The smallest absolute Gasteiger partial charge is 0.241 e. The molecule has 0 spiro atoms. The predicted octanol–water partition coefficient (Wildman–Crippen LogP) is 3.16. The molecule has 0 aliphatic rings. The number of hydrogen-bond acceptors (Lipinski definition) is 5. The van der Waals surface area contributed by atoms with E-state index in [9.17, 15) is 8.42 Å². The Kier molecular flexibility index (Phi) is 4.66. The van der Waals surface area contributed by atoms with Crippen molar-refractivity contribution in [2.24, 2.45) is 0 Å². The van der Waals surface area contributed by atoms with E-state index >= 15 is 0 Å². The fourth-order valence-electron chi connectivity index (χ4n) is 3.14. The molecule has 0 aliphatic heterocycles. The van der Waals surface area contributed by atoms with Gasteiger partial charge in [0.1, 0.15) is 12.7 Å². The molecule has 2 heterocycles. The van der Waals surface area contributed by atoms with Crippen LogP contribution in [0, 0.1) is 6.92 Å². The molecule has 0 amide bonds. The molecule has 1 atom stereocenters. The topological polar surface area (TPSA) is 89.8 Å². The first-order valence-electron chi connectivity index (χ1n) is 8.77. The van der Waals surface area contributed by atoms with Crippen molar-refractivity contribution in [1.82, 2.24) is 24.5 Å². The monoisotopic (exact) mass is 393 g/mol. The van der Waals surface area contributed by atoms with Crippen molar-refractivity contribution in [3.63, 3.8) is 0 Å². The molecule has 0 saturated heterocycles. The fourth-order valence-corrected chi connectivity index (χ4v) is 4.57. The Hall–Kier alpha value is -3.10. The zero-order valence-corrected chi connectivity index (χ0v) is 16.3. The molecule has 2 aromatic carbocycles. The minimum Gasteiger partial charge on any atom is -0.256 e. The van der Waals surface area contributed by atoms with E-state index in [0.717, 1.165) is 16.8 Å². The molecular weight excluding hydrogens is 374 g/mol. The van der Waals surface area contributed by atoms with Gasteiger partial charge in [0.2, 0.25) is 10.0 Å². The lowest BCUT2D eigenvalue weighted by Gasteiger charge is -2.16. The van der Waals surface area contributed by atoms with Gasteiger partial charge >= 0.3 is 0 Å². The third-order valence-electron chi connectivity index (χ3n) is 4.63. The molecule has 0 saturated carbocycles. The van der Waals surface area contributed by atoms with Gasteiger partial charge in [-0.15, -0.1) is 0 Å². The number of sulfonamides is 1. The summed E-state index contributed by atoms with van der Waals surface area (Å²) in [5.41, 5.74) is 3.33. The largest absolute Gasteiger partial charge is 0.256 e. The van der Waals surface area contributed by atoms with E-state index in [1.165, 1.54) is 6.33 Å². The standard InChI is InChI=1S/C20H19N5O2S/c1-14-5-10-19(18-4-3-11-22-20(14)18)28(26,27)24-15(2)16-6-8-17(9-7-16)25-13-21-12-23-25/h3-13,15,24H,1-2H3. The highest BCUT2D eigenvalue weighted by Crippen LogP contribution is 2.26. The Labute approximate surface area is 163 Å². The summed E-state index contributed by atoms with van der Waals surface area (Å²) in [5.74, 6) is 0. The second kappa shape index (κ2) is 7.14. The van der Waals surface area contributed by atoms with Crippen LogP contribution in [-0.4, -0.2) is 28.2 Å². The van der Waals surface area contributed by atoms with Crippen LogP contribution in [0.2, 0.25) is 0 Å². The Morgan fingerprint density at radius 3 is 2.57 bits per heavy atom. The van der Waals surface area contributed by atoms with Crippen LogP contribution in [0.4, 0.5) is 0 Å². The summed E-state index contributed by atoms with van der Waals surface area (Å²) in [6, 6.07) is 14.0. The highest BCUT2D eigenvalue weighted by Gasteiger charge is 2.21. The third kappa shape index (κ3) is 3.39. The maximum Gasteiger partial charge on any atom is 0.241 e. The molecule has 1 N–H and O–H groups in total. The van der Waals surface area contributed by atoms with Crippen molar-refractivity contribution in [2.45, 2.75) is 24.8 Å². The van der Waals surface area contributed by atoms with Gasteiger partial charge in [-0.25, -0.2) is 22.8 Å². The number of hydrogen-bond donors (Lipinski definition) is 1. The van der Waals surface area contributed by atoms with Crippen LogP contribution in [0.15, 0.2) is 72.3 Å². The van der Waals surface area contributed by atoms with Crippen LogP contribution in [0.3, 0.4) is 0 Å². The van der Waals surface area contributed by atoms with Crippen LogP contribution >= 0.6 is 0 Å². The molecule has 4 rings (SSSR count). The minimum absolute atomic E-state index is 0.229. The quantitative estimate of drug-likeness (QED) is 0.562. The molecule has 7 nitrogen and oxygen atoms in total. The summed E-state index contributed by atoms with van der Waals surface area (Å²) in [6.07, 6.45) is 4.74. The summed E-state index contributed by atoms with van der Waals surface area (Å²) in [4.78, 5) is 8.47. The van der Waals surface area contributed by atoms with E-state index in [0.29, 0.717) is 10.9 Å². The average molecular weight is 393 g/mol. The Morgan fingerprint density at radius 1 is 1.07 bits per heavy atom. The molecule has 0 radical (unpaired) electrons. The van der Waals surface area contributed by atoms with Crippen molar-refractivity contribution < 1.29 is 8.42 Å². The molecule has 4 aromatic rings. The van der Waals surface area contributed by atoms with E-state index in [1.54, 1.807) is 41.5 Å². The lowest BCUT2D eigenvalue weighted by molar-refractivity contribution is 0.568. The van der Waals surface area contributed by atoms with Crippen molar-refractivity contribution in [1.29, 1.82) is 0 Å². The zero-order valence-electron chi connectivity index (χ0n) is 15.4. The van der Waals surface area contributed by atoms with Crippen LogP contribution < -0.4 is 4.72 Å². The van der Waals surface area contributed by atoms with Crippen LogP contribution in [0.25, 0.3) is 16.6 Å². The summed E-state index contributed by atoms with van der Waals surface area (Å²) in [6.45, 7) is 3.73. The molecule has 8 heteroatoms. The maximum absolute atomic E-state index is 13.0. The molecule has 0 bridgehead atoms. The van der Waals surface area contributed by atoms with Gasteiger partial charge in [0, 0.05) is 17.6 Å². The van der Waals surface area contributed by atoms with Crippen molar-refractivity contribution in [2.75, 3.05) is 0 Å². The van der Waals surface area contributed by atoms with Gasteiger partial charge in [-0.05, 0) is 55.3 Å². The lowest BCUT2D eigenvalue weighted by atomic mass is 10.1. The number of aromatic nitrogens is 4. The first-order valence-corrected chi connectivity index (χ1v) is 10.3. The van der Waals surface area contributed by atoms with Crippen molar-refractivity contribution in [3.05, 3.63) is 78.5 Å². The lowest BCUT2D eigenvalue weighted by Crippen LogP contribution is -2.27. The minimum atomic E-state index is -3.72. The summed E-state index contributed by atoms with van der Waals surface area (Å²) < 4.78 is 30.5. The molecule has 0 fully saturated rings. The number of pyridine rings is 1. The highest BCUT2D eigenvalue weighted by atomic mass is 32.2. The third-order valence-corrected chi connectivity index (χ3v) is 6.23. The molecule has 2 aromatic heterocycles. The van der Waals surface area contributed by atoms with Crippen LogP contribution in [-0.2, 0) is 10.0 Å². The highest BCUT2D eigenvalue weighted by molar-refractivity contribution is 7.89. The van der Waals surface area contributed by atoms with Gasteiger partial charge in [-0.3, -0.25) is 4.98 Å².